The van der Waals surface area contributed by atoms with Gasteiger partial charge in [0.2, 0.25) is 11.8 Å². The van der Waals surface area contributed by atoms with Crippen LogP contribution in [0.25, 0.3) is 11.3 Å². The average molecular weight is 522 g/mol. The van der Waals surface area contributed by atoms with Crippen molar-refractivity contribution in [3.8, 4) is 23.1 Å². The Morgan fingerprint density at radius 1 is 1.14 bits per heavy atom. The highest BCUT2D eigenvalue weighted by molar-refractivity contribution is 8.00. The van der Waals surface area contributed by atoms with Crippen LogP contribution in [0.3, 0.4) is 0 Å². The van der Waals surface area contributed by atoms with Crippen LogP contribution < -0.4 is 25.0 Å². The van der Waals surface area contributed by atoms with Crippen LogP contribution in [0.2, 0.25) is 0 Å². The Morgan fingerprint density at radius 3 is 2.86 bits per heavy atom. The lowest BCUT2D eigenvalue weighted by atomic mass is 10.1. The molecule has 1 atom stereocenters. The number of carbonyl (C=O) groups is 2. The molecule has 5 rings (SSSR count). The number of carbonyl (C=O) groups excluding carboxylic acids is 2. The van der Waals surface area contributed by atoms with Gasteiger partial charge in [0, 0.05) is 28.8 Å². The second-order valence-corrected chi connectivity index (χ2v) is 9.60. The summed E-state index contributed by atoms with van der Waals surface area (Å²) in [6.07, 6.45) is 0.0928. The molecule has 10 nitrogen and oxygen atoms in total. The van der Waals surface area contributed by atoms with Gasteiger partial charge in [0.25, 0.3) is 0 Å². The molecule has 2 amide bonds. The van der Waals surface area contributed by atoms with Gasteiger partial charge < -0.3 is 24.8 Å². The highest BCUT2D eigenvalue weighted by Gasteiger charge is 2.32. The molecule has 1 fully saturated rings. The minimum Gasteiger partial charge on any atom is -0.481 e. The Bertz CT molecular complexity index is 1300. The molecule has 37 heavy (non-hydrogen) atoms. The molecule has 0 bridgehead atoms. The number of amides is 2. The molecule has 0 aliphatic carbocycles. The molecule has 2 N–H and O–H groups in total. The van der Waals surface area contributed by atoms with Crippen molar-refractivity contribution in [2.45, 2.75) is 24.0 Å². The number of rotatable bonds is 9. The van der Waals surface area contributed by atoms with Crippen LogP contribution in [0.15, 0.2) is 53.4 Å². The zero-order valence-electron chi connectivity index (χ0n) is 20.5. The topological polar surface area (TPSA) is 115 Å². The van der Waals surface area contributed by atoms with Gasteiger partial charge >= 0.3 is 12.1 Å². The smallest absolute Gasteiger partial charge is 0.414 e. The SMILES string of the molecule is COc1cc(-c2cccc(CNCCC3CN(c4ccc5c(c4)NC(=O)CS5)C(=O)O3)c2)nc(OC)n1. The predicted molar refractivity (Wildman–Crippen MR) is 140 cm³/mol. The second kappa shape index (κ2) is 11.1. The lowest BCUT2D eigenvalue weighted by molar-refractivity contribution is -0.113. The zero-order valence-corrected chi connectivity index (χ0v) is 21.3. The number of fused-ring (bicyclic) bond motifs is 1. The van der Waals surface area contributed by atoms with Gasteiger partial charge in [0.1, 0.15) is 6.10 Å². The molecule has 2 aliphatic rings. The maximum Gasteiger partial charge on any atom is 0.414 e. The lowest BCUT2D eigenvalue weighted by Crippen LogP contribution is -2.26. The largest absolute Gasteiger partial charge is 0.481 e. The van der Waals surface area contributed by atoms with Crippen LogP contribution in [-0.2, 0) is 16.1 Å². The number of methoxy groups -OCH3 is 2. The Hall–Kier alpha value is -3.83. The number of cyclic esters (lactones) is 1. The normalized spacial score (nSPS) is 16.7. The van der Waals surface area contributed by atoms with E-state index in [4.69, 9.17) is 14.2 Å². The number of anilines is 2. The summed E-state index contributed by atoms with van der Waals surface area (Å²) >= 11 is 1.49. The van der Waals surface area contributed by atoms with E-state index in [0.717, 1.165) is 27.4 Å². The van der Waals surface area contributed by atoms with Crippen molar-refractivity contribution in [1.29, 1.82) is 0 Å². The van der Waals surface area contributed by atoms with Crippen molar-refractivity contribution in [2.24, 2.45) is 0 Å². The first-order chi connectivity index (χ1) is 18.0. The minimum absolute atomic E-state index is 0.0374. The zero-order chi connectivity index (χ0) is 25.8. The standard InChI is InChI=1S/C26H27N5O5S/c1-34-24-12-20(29-25(30-24)35-2)17-5-3-4-16(10-17)13-27-9-8-19-14-31(26(33)36-19)18-6-7-22-21(11-18)28-23(32)15-37-22/h3-7,10-12,19,27H,8-9,13-15H2,1-2H3,(H,28,32). The molecule has 0 saturated carbocycles. The van der Waals surface area contributed by atoms with Crippen molar-refractivity contribution in [3.05, 3.63) is 54.1 Å². The number of thioether (sulfide) groups is 1. The second-order valence-electron chi connectivity index (χ2n) is 8.58. The fourth-order valence-electron chi connectivity index (χ4n) is 4.21. The Balaban J connectivity index is 1.14. The molecule has 192 valence electrons. The Labute approximate surface area is 218 Å². The Morgan fingerprint density at radius 2 is 2.03 bits per heavy atom. The fourth-order valence-corrected chi connectivity index (χ4v) is 4.99. The maximum absolute atomic E-state index is 12.5. The molecular weight excluding hydrogens is 494 g/mol. The number of benzene rings is 2. The van der Waals surface area contributed by atoms with Crippen molar-refractivity contribution in [3.63, 3.8) is 0 Å². The summed E-state index contributed by atoms with van der Waals surface area (Å²) in [5.74, 6) is 0.802. The molecule has 3 aromatic rings. The first-order valence-electron chi connectivity index (χ1n) is 11.8. The molecule has 2 aromatic carbocycles. The predicted octanol–water partition coefficient (Wildman–Crippen LogP) is 3.71. The van der Waals surface area contributed by atoms with Crippen molar-refractivity contribution in [1.82, 2.24) is 15.3 Å². The third kappa shape index (κ3) is 5.78. The van der Waals surface area contributed by atoms with Gasteiger partial charge in [-0.3, -0.25) is 9.69 Å². The molecule has 1 saturated heterocycles. The number of nitrogens with one attached hydrogen (secondary N) is 2. The summed E-state index contributed by atoms with van der Waals surface area (Å²) < 4.78 is 16.0. The average Bonchev–Trinajstić information content (AvgIpc) is 3.30. The van der Waals surface area contributed by atoms with E-state index in [0.29, 0.717) is 43.4 Å². The van der Waals surface area contributed by atoms with Crippen LogP contribution in [0.1, 0.15) is 12.0 Å². The molecule has 1 unspecified atom stereocenters. The van der Waals surface area contributed by atoms with Crippen molar-refractivity contribution in [2.75, 3.05) is 43.3 Å². The highest BCUT2D eigenvalue weighted by atomic mass is 32.2. The fraction of sp³-hybridized carbons (Fsp3) is 0.308. The van der Waals surface area contributed by atoms with E-state index in [1.807, 2.05) is 36.4 Å². The summed E-state index contributed by atoms with van der Waals surface area (Å²) in [7, 11) is 3.07. The van der Waals surface area contributed by atoms with E-state index in [1.165, 1.54) is 18.9 Å². The third-order valence-corrected chi connectivity index (χ3v) is 7.12. The molecule has 11 heteroatoms. The van der Waals surface area contributed by atoms with E-state index in [-0.39, 0.29) is 24.1 Å². The van der Waals surface area contributed by atoms with Gasteiger partial charge in [-0.15, -0.1) is 11.8 Å². The van der Waals surface area contributed by atoms with E-state index < -0.39 is 0 Å². The molecule has 1 aromatic heterocycles. The summed E-state index contributed by atoms with van der Waals surface area (Å²) in [4.78, 5) is 35.4. The van der Waals surface area contributed by atoms with Crippen LogP contribution in [0, 0.1) is 0 Å². The first kappa shape index (κ1) is 24.8. The number of hydrogen-bond acceptors (Lipinski definition) is 9. The molecule has 2 aliphatic heterocycles. The molecule has 0 radical (unpaired) electrons. The number of hydrogen-bond donors (Lipinski definition) is 2. The van der Waals surface area contributed by atoms with Gasteiger partial charge in [-0.05, 0) is 42.8 Å². The number of nitrogens with zero attached hydrogens (tertiary/aromatic N) is 3. The molecule has 3 heterocycles. The van der Waals surface area contributed by atoms with Gasteiger partial charge in [0.15, 0.2) is 0 Å². The van der Waals surface area contributed by atoms with Crippen LogP contribution in [-0.4, -0.2) is 61.1 Å². The monoisotopic (exact) mass is 521 g/mol. The molecule has 0 spiro atoms. The van der Waals surface area contributed by atoms with E-state index in [1.54, 1.807) is 18.1 Å². The highest BCUT2D eigenvalue weighted by Crippen LogP contribution is 2.35. The van der Waals surface area contributed by atoms with Gasteiger partial charge in [-0.1, -0.05) is 18.2 Å². The summed E-state index contributed by atoms with van der Waals surface area (Å²) in [6, 6.07) is 15.7. The summed E-state index contributed by atoms with van der Waals surface area (Å²) in [5, 5.41) is 6.29. The first-order valence-corrected chi connectivity index (χ1v) is 12.8. The van der Waals surface area contributed by atoms with Gasteiger partial charge in [0.05, 0.1) is 37.9 Å². The molecular formula is C26H27N5O5S. The Kier molecular flexibility index (Phi) is 7.42. The minimum atomic E-state index is -0.372. The van der Waals surface area contributed by atoms with Gasteiger partial charge in [-0.25, -0.2) is 4.79 Å². The van der Waals surface area contributed by atoms with Crippen LogP contribution >= 0.6 is 11.8 Å². The van der Waals surface area contributed by atoms with Crippen molar-refractivity contribution >= 4 is 35.1 Å². The number of ether oxygens (including phenoxy) is 3. The third-order valence-electron chi connectivity index (χ3n) is 6.05. The number of aromatic nitrogens is 2. The van der Waals surface area contributed by atoms with E-state index in [2.05, 4.69) is 26.7 Å². The summed E-state index contributed by atoms with van der Waals surface area (Å²) in [6.45, 7) is 1.80. The maximum atomic E-state index is 12.5. The lowest BCUT2D eigenvalue weighted by Gasteiger charge is -2.20. The quantitative estimate of drug-likeness (QED) is 0.407. The summed E-state index contributed by atoms with van der Waals surface area (Å²) in [5.41, 5.74) is 4.18. The van der Waals surface area contributed by atoms with Gasteiger partial charge in [-0.2, -0.15) is 9.97 Å². The van der Waals surface area contributed by atoms with Crippen molar-refractivity contribution < 1.29 is 23.8 Å². The van der Waals surface area contributed by atoms with Crippen LogP contribution in [0.5, 0.6) is 11.9 Å². The van der Waals surface area contributed by atoms with Crippen LogP contribution in [0.4, 0.5) is 16.2 Å². The van der Waals surface area contributed by atoms with E-state index >= 15 is 0 Å². The van der Waals surface area contributed by atoms with E-state index in [9.17, 15) is 9.59 Å².